The first-order chi connectivity index (χ1) is 18.4. The van der Waals surface area contributed by atoms with Gasteiger partial charge in [-0.25, -0.2) is 0 Å². The molecule has 0 radical (unpaired) electrons. The molecule has 0 saturated carbocycles. The topological polar surface area (TPSA) is 63.6 Å². The zero-order valence-electron chi connectivity index (χ0n) is 22.4. The molecule has 39 heavy (non-hydrogen) atoms. The van der Waals surface area contributed by atoms with Crippen molar-refractivity contribution in [2.75, 3.05) is 38.8 Å². The predicted octanol–water partition coefficient (Wildman–Crippen LogP) is 3.96. The first-order valence-electron chi connectivity index (χ1n) is 12.6. The normalized spacial score (nSPS) is 15.6. The van der Waals surface area contributed by atoms with Crippen LogP contribution in [0.15, 0.2) is 41.3 Å². The van der Waals surface area contributed by atoms with E-state index in [0.717, 1.165) is 53.2 Å². The van der Waals surface area contributed by atoms with Gasteiger partial charge in [-0.3, -0.25) is 0 Å². The number of piperidine rings is 1. The second kappa shape index (κ2) is 11.9. The van der Waals surface area contributed by atoms with Gasteiger partial charge < -0.3 is 0 Å². The van der Waals surface area contributed by atoms with Gasteiger partial charge in [-0.15, -0.1) is 0 Å². The molecular weight excluding hydrogens is 590 g/mol. The summed E-state index contributed by atoms with van der Waals surface area (Å²) in [7, 11) is 0.212. The number of rotatable bonds is 7. The van der Waals surface area contributed by atoms with Crippen LogP contribution in [0.4, 0.5) is 18.9 Å². The number of likely N-dealkylation sites (tertiary alicyclic amines) is 1. The Morgan fingerprint density at radius 1 is 1.18 bits per heavy atom. The minimum absolute atomic E-state index is 0.178. The third-order valence-corrected chi connectivity index (χ3v) is 10.4. The number of sulfone groups is 1. The van der Waals surface area contributed by atoms with Crippen molar-refractivity contribution in [1.82, 2.24) is 9.47 Å². The van der Waals surface area contributed by atoms with Crippen LogP contribution in [-0.4, -0.2) is 79.4 Å². The van der Waals surface area contributed by atoms with Crippen molar-refractivity contribution in [2.45, 2.75) is 48.6 Å². The van der Waals surface area contributed by atoms with E-state index in [2.05, 4.69) is 29.1 Å². The molecule has 0 bridgehead atoms. The summed E-state index contributed by atoms with van der Waals surface area (Å²) in [5.74, 6) is 6.64. The summed E-state index contributed by atoms with van der Waals surface area (Å²) in [5, 5.41) is 4.85. The number of nitrogens with zero attached hydrogens (tertiary/aromatic N) is 2. The van der Waals surface area contributed by atoms with E-state index >= 15 is 0 Å². The fourth-order valence-electron chi connectivity index (χ4n) is 4.91. The first-order valence-corrected chi connectivity index (χ1v) is 17.0. The number of benzene rings is 2. The summed E-state index contributed by atoms with van der Waals surface area (Å²) in [6.45, 7) is 2.67. The predicted molar refractivity (Wildman–Crippen MR) is 151 cm³/mol. The van der Waals surface area contributed by atoms with Crippen molar-refractivity contribution in [2.24, 2.45) is 0 Å². The third kappa shape index (κ3) is 7.13. The van der Waals surface area contributed by atoms with Gasteiger partial charge in [0.1, 0.15) is 0 Å². The van der Waals surface area contributed by atoms with E-state index in [9.17, 15) is 21.6 Å². The standard InChI is InChI=1S/C28H33AsF3N3O3S/c1-19-24(9-6-14-29-22-11-10-21(39(4,36)37)17-26(22)38-3)35(18-28(30,31)32)25-8-5-7-23(27(19)25)33-20-12-15-34(2)16-13-20/h5,7-8,10-11,17,20,29,33H,12-16,18H2,1-4H3. The first kappa shape index (κ1) is 29.4. The molecule has 1 aliphatic heterocycles. The van der Waals surface area contributed by atoms with Crippen LogP contribution in [0.1, 0.15) is 24.1 Å². The van der Waals surface area contributed by atoms with Crippen molar-refractivity contribution in [3.8, 4) is 17.6 Å². The number of nitrogens with one attached hydrogen (secondary N) is 1. The maximum atomic E-state index is 13.6. The summed E-state index contributed by atoms with van der Waals surface area (Å²) in [6, 6.07) is 10.5. The fourth-order valence-corrected chi connectivity index (χ4v) is 7.47. The molecule has 0 amide bonds. The summed E-state index contributed by atoms with van der Waals surface area (Å²) in [4.78, 5) is 2.45. The molecule has 1 unspecified atom stereocenters. The van der Waals surface area contributed by atoms with E-state index in [1.165, 1.54) is 17.7 Å². The Morgan fingerprint density at radius 2 is 1.90 bits per heavy atom. The zero-order chi connectivity index (χ0) is 28.4. The molecule has 210 valence electrons. The number of ether oxygens (including phenoxy) is 1. The van der Waals surface area contributed by atoms with E-state index < -0.39 is 38.3 Å². The van der Waals surface area contributed by atoms with Gasteiger partial charge in [0, 0.05) is 0 Å². The maximum absolute atomic E-state index is 13.6. The third-order valence-electron chi connectivity index (χ3n) is 6.92. The second-order valence-corrected chi connectivity index (χ2v) is 14.5. The number of hydrogen-bond acceptors (Lipinski definition) is 5. The number of aryl methyl sites for hydroxylation is 1. The van der Waals surface area contributed by atoms with E-state index in [1.54, 1.807) is 24.3 Å². The Hall–Kier alpha value is -2.60. The van der Waals surface area contributed by atoms with Gasteiger partial charge in [-0.2, -0.15) is 0 Å². The fraction of sp³-hybridized carbons (Fsp3) is 0.429. The molecule has 11 heteroatoms. The number of aromatic nitrogens is 1. The van der Waals surface area contributed by atoms with E-state index in [4.69, 9.17) is 4.74 Å². The van der Waals surface area contributed by atoms with Gasteiger partial charge in [0.25, 0.3) is 0 Å². The number of anilines is 1. The molecule has 2 heterocycles. The van der Waals surface area contributed by atoms with Crippen molar-refractivity contribution in [1.29, 1.82) is 0 Å². The van der Waals surface area contributed by atoms with Gasteiger partial charge in [0.15, 0.2) is 0 Å². The van der Waals surface area contributed by atoms with Crippen LogP contribution in [0, 0.1) is 18.8 Å². The molecule has 1 fully saturated rings. The van der Waals surface area contributed by atoms with Gasteiger partial charge >= 0.3 is 228 Å². The van der Waals surface area contributed by atoms with Crippen LogP contribution in [0.3, 0.4) is 0 Å². The Morgan fingerprint density at radius 3 is 2.54 bits per heavy atom. The van der Waals surface area contributed by atoms with E-state index in [0.29, 0.717) is 22.2 Å². The van der Waals surface area contributed by atoms with Crippen molar-refractivity contribution >= 4 is 46.5 Å². The zero-order valence-corrected chi connectivity index (χ0v) is 25.4. The Balaban J connectivity index is 1.64. The molecule has 1 N–H and O–H groups in total. The molecule has 1 atom stereocenters. The molecule has 1 aliphatic rings. The van der Waals surface area contributed by atoms with E-state index in [1.807, 2.05) is 13.0 Å². The van der Waals surface area contributed by atoms with Crippen molar-refractivity contribution in [3.63, 3.8) is 0 Å². The van der Waals surface area contributed by atoms with Gasteiger partial charge in [-0.1, -0.05) is 0 Å². The molecule has 2 aromatic carbocycles. The molecule has 0 aliphatic carbocycles. The second-order valence-electron chi connectivity index (χ2n) is 9.89. The Kier molecular flexibility index (Phi) is 8.94. The number of fused-ring (bicyclic) bond motifs is 1. The quantitative estimate of drug-likeness (QED) is 0.319. The monoisotopic (exact) mass is 623 g/mol. The summed E-state index contributed by atoms with van der Waals surface area (Å²) in [5.41, 5.74) is 2.45. The van der Waals surface area contributed by atoms with Crippen LogP contribution < -0.4 is 14.4 Å². The average molecular weight is 624 g/mol. The number of alkyl halides is 3. The van der Waals surface area contributed by atoms with Crippen LogP contribution in [0.25, 0.3) is 10.9 Å². The molecule has 0 spiro atoms. The minimum atomic E-state index is -4.39. The SMILES string of the molecule is COc1cc(S(C)(=O)=O)ccc1[AsH]CC#Cc1c(C)c2c(NC3CCN(C)CC3)cccc2n1CC(F)(F)F. The van der Waals surface area contributed by atoms with Gasteiger partial charge in [-0.05, 0) is 7.05 Å². The van der Waals surface area contributed by atoms with Crippen LogP contribution in [0.2, 0.25) is 5.21 Å². The molecule has 1 aromatic heterocycles. The molecule has 1 saturated heterocycles. The molecule has 4 rings (SSSR count). The van der Waals surface area contributed by atoms with Crippen LogP contribution in [-0.2, 0) is 16.4 Å². The van der Waals surface area contributed by atoms with E-state index in [-0.39, 0.29) is 10.9 Å². The summed E-state index contributed by atoms with van der Waals surface area (Å²) in [6.07, 6.45) is -1.31. The molecule has 3 aromatic rings. The van der Waals surface area contributed by atoms with Crippen LogP contribution in [0.5, 0.6) is 5.75 Å². The number of hydrogen-bond donors (Lipinski definition) is 1. The summed E-state index contributed by atoms with van der Waals surface area (Å²) >= 11 is -0.841. The average Bonchev–Trinajstić information content (AvgIpc) is 3.12. The number of methoxy groups -OCH3 is 1. The van der Waals surface area contributed by atoms with Crippen molar-refractivity contribution in [3.05, 3.63) is 47.7 Å². The molecular formula is C28H33AsF3N3O3S. The number of halogens is 3. The molecule has 6 nitrogen and oxygen atoms in total. The van der Waals surface area contributed by atoms with Gasteiger partial charge in [0.05, 0.1) is 0 Å². The van der Waals surface area contributed by atoms with Gasteiger partial charge in [0.2, 0.25) is 0 Å². The Bertz CT molecular complexity index is 1520. The Labute approximate surface area is 234 Å². The van der Waals surface area contributed by atoms with Crippen LogP contribution >= 0.6 is 0 Å². The summed E-state index contributed by atoms with van der Waals surface area (Å²) < 4.78 is 72.2. The van der Waals surface area contributed by atoms with Crippen molar-refractivity contribution < 1.29 is 26.3 Å².